The molecule has 0 amide bonds. The molecule has 88 valence electrons. The first-order valence-corrected chi connectivity index (χ1v) is 5.86. The quantitative estimate of drug-likeness (QED) is 0.781. The molecule has 3 rings (SSSR count). The Kier molecular flexibility index (Phi) is 2.60. The van der Waals surface area contributed by atoms with Crippen molar-refractivity contribution >= 4 is 0 Å². The van der Waals surface area contributed by atoms with Crippen LogP contribution in [0.4, 0.5) is 0 Å². The number of nitrogens with zero attached hydrogens (tertiary/aromatic N) is 5. The van der Waals surface area contributed by atoms with E-state index in [0.717, 1.165) is 24.5 Å². The minimum absolute atomic E-state index is 0.376. The van der Waals surface area contributed by atoms with Gasteiger partial charge in [-0.1, -0.05) is 0 Å². The minimum Gasteiger partial charge on any atom is -0.298 e. The molecule has 0 aromatic carbocycles. The van der Waals surface area contributed by atoms with Gasteiger partial charge in [0.2, 0.25) is 0 Å². The number of hydrogen-bond donors (Lipinski definition) is 0. The topological polar surface area (TPSA) is 46.8 Å². The highest BCUT2D eigenvalue weighted by Crippen LogP contribution is 2.31. The predicted octanol–water partition coefficient (Wildman–Crippen LogP) is 1.43. The fourth-order valence-corrected chi connectivity index (χ4v) is 2.42. The lowest BCUT2D eigenvalue weighted by Gasteiger charge is -2.20. The van der Waals surface area contributed by atoms with Crippen LogP contribution in [-0.2, 0) is 0 Å². The minimum atomic E-state index is 0.376. The van der Waals surface area contributed by atoms with Crippen LogP contribution in [0.1, 0.15) is 24.6 Å². The van der Waals surface area contributed by atoms with Crippen molar-refractivity contribution in [3.8, 4) is 5.82 Å². The van der Waals surface area contributed by atoms with E-state index < -0.39 is 0 Å². The van der Waals surface area contributed by atoms with Crippen molar-refractivity contribution < 1.29 is 0 Å². The first-order chi connectivity index (χ1) is 8.36. The van der Waals surface area contributed by atoms with Gasteiger partial charge in [0.25, 0.3) is 0 Å². The van der Waals surface area contributed by atoms with E-state index in [1.165, 1.54) is 6.42 Å². The van der Waals surface area contributed by atoms with Gasteiger partial charge in [0.15, 0.2) is 5.82 Å². The first-order valence-electron chi connectivity index (χ1n) is 5.86. The molecule has 0 N–H and O–H groups in total. The van der Waals surface area contributed by atoms with Gasteiger partial charge in [0, 0.05) is 24.8 Å². The van der Waals surface area contributed by atoms with E-state index in [1.807, 2.05) is 10.8 Å². The van der Waals surface area contributed by atoms with Gasteiger partial charge in [-0.2, -0.15) is 0 Å². The highest BCUT2D eigenvalue weighted by molar-refractivity contribution is 5.30. The van der Waals surface area contributed by atoms with Crippen LogP contribution in [0.3, 0.4) is 0 Å². The van der Waals surface area contributed by atoms with Gasteiger partial charge in [-0.3, -0.25) is 14.5 Å². The van der Waals surface area contributed by atoms with Crippen LogP contribution >= 0.6 is 0 Å². The standard InChI is InChI=1S/C12H15N5/c1-16-7-2-3-10(16)11-12(15-5-4-14-11)17-8-6-13-9-17/h4-6,8-10H,2-3,7H2,1H3. The largest absolute Gasteiger partial charge is 0.298 e. The summed E-state index contributed by atoms with van der Waals surface area (Å²) in [6, 6.07) is 0.376. The zero-order chi connectivity index (χ0) is 11.7. The smallest absolute Gasteiger partial charge is 0.161 e. The van der Waals surface area contributed by atoms with Crippen LogP contribution in [0, 0.1) is 0 Å². The fraction of sp³-hybridized carbons (Fsp3) is 0.417. The van der Waals surface area contributed by atoms with E-state index >= 15 is 0 Å². The predicted molar refractivity (Wildman–Crippen MR) is 63.8 cm³/mol. The second-order valence-corrected chi connectivity index (χ2v) is 4.37. The zero-order valence-corrected chi connectivity index (χ0v) is 9.82. The Bertz CT molecular complexity index is 493. The molecule has 1 saturated heterocycles. The highest BCUT2D eigenvalue weighted by atomic mass is 15.2. The van der Waals surface area contributed by atoms with Crippen molar-refractivity contribution in [2.24, 2.45) is 0 Å². The van der Waals surface area contributed by atoms with E-state index in [0.29, 0.717) is 6.04 Å². The molecule has 1 fully saturated rings. The van der Waals surface area contributed by atoms with Gasteiger partial charge >= 0.3 is 0 Å². The number of rotatable bonds is 2. The maximum atomic E-state index is 4.51. The molecule has 5 heteroatoms. The molecule has 3 heterocycles. The van der Waals surface area contributed by atoms with Crippen molar-refractivity contribution in [3.05, 3.63) is 36.8 Å². The third-order valence-electron chi connectivity index (χ3n) is 3.29. The Morgan fingerprint density at radius 3 is 2.82 bits per heavy atom. The second-order valence-electron chi connectivity index (χ2n) is 4.37. The summed E-state index contributed by atoms with van der Waals surface area (Å²) in [6.07, 6.45) is 11.3. The van der Waals surface area contributed by atoms with Crippen molar-refractivity contribution in [2.75, 3.05) is 13.6 Å². The molecule has 1 aliphatic rings. The maximum Gasteiger partial charge on any atom is 0.161 e. The molecule has 0 saturated carbocycles. The van der Waals surface area contributed by atoms with Crippen LogP contribution in [-0.4, -0.2) is 38.0 Å². The van der Waals surface area contributed by atoms with E-state index in [2.05, 4.69) is 26.9 Å². The lowest BCUT2D eigenvalue weighted by Crippen LogP contribution is -2.20. The summed E-state index contributed by atoms with van der Waals surface area (Å²) >= 11 is 0. The lowest BCUT2D eigenvalue weighted by atomic mass is 10.1. The van der Waals surface area contributed by atoms with Crippen molar-refractivity contribution in [3.63, 3.8) is 0 Å². The molecule has 0 bridgehead atoms. The molecule has 0 radical (unpaired) electrons. The van der Waals surface area contributed by atoms with E-state index in [-0.39, 0.29) is 0 Å². The van der Waals surface area contributed by atoms with Gasteiger partial charge in [-0.15, -0.1) is 0 Å². The number of hydrogen-bond acceptors (Lipinski definition) is 4. The van der Waals surface area contributed by atoms with E-state index in [9.17, 15) is 0 Å². The average Bonchev–Trinajstić information content (AvgIpc) is 3.00. The molecule has 17 heavy (non-hydrogen) atoms. The Balaban J connectivity index is 2.05. The highest BCUT2D eigenvalue weighted by Gasteiger charge is 2.26. The van der Waals surface area contributed by atoms with Crippen molar-refractivity contribution in [1.29, 1.82) is 0 Å². The number of imidazole rings is 1. The van der Waals surface area contributed by atoms with Crippen molar-refractivity contribution in [2.45, 2.75) is 18.9 Å². The maximum absolute atomic E-state index is 4.51. The van der Waals surface area contributed by atoms with Gasteiger partial charge < -0.3 is 0 Å². The Labute approximate surface area is 100 Å². The fourth-order valence-electron chi connectivity index (χ4n) is 2.42. The molecule has 1 atom stereocenters. The second kappa shape index (κ2) is 4.25. The normalized spacial score (nSPS) is 20.9. The van der Waals surface area contributed by atoms with Gasteiger partial charge in [0.05, 0.1) is 6.04 Å². The Hall–Kier alpha value is -1.75. The van der Waals surface area contributed by atoms with Crippen LogP contribution < -0.4 is 0 Å². The first kappa shape index (κ1) is 10.4. The van der Waals surface area contributed by atoms with Crippen LogP contribution in [0.2, 0.25) is 0 Å². The molecule has 5 nitrogen and oxygen atoms in total. The molecule has 1 unspecified atom stereocenters. The molecule has 2 aromatic heterocycles. The van der Waals surface area contributed by atoms with Crippen LogP contribution in [0.25, 0.3) is 5.82 Å². The summed E-state index contributed by atoms with van der Waals surface area (Å²) in [5.74, 6) is 0.892. The lowest BCUT2D eigenvalue weighted by molar-refractivity contribution is 0.310. The zero-order valence-electron chi connectivity index (χ0n) is 9.82. The molecular formula is C12H15N5. The van der Waals surface area contributed by atoms with Crippen molar-refractivity contribution in [1.82, 2.24) is 24.4 Å². The van der Waals surface area contributed by atoms with Gasteiger partial charge in [-0.25, -0.2) is 9.97 Å². The van der Waals surface area contributed by atoms with E-state index in [4.69, 9.17) is 0 Å². The molecule has 1 aliphatic heterocycles. The number of likely N-dealkylation sites (tertiary alicyclic amines) is 1. The summed E-state index contributed by atoms with van der Waals surface area (Å²) < 4.78 is 1.93. The SMILES string of the molecule is CN1CCCC1c1nccnc1-n1ccnc1. The molecular weight excluding hydrogens is 214 g/mol. The number of aromatic nitrogens is 4. The average molecular weight is 229 g/mol. The van der Waals surface area contributed by atoms with Gasteiger partial charge in [-0.05, 0) is 26.4 Å². The summed E-state index contributed by atoms with van der Waals surface area (Å²) in [4.78, 5) is 15.4. The summed E-state index contributed by atoms with van der Waals surface area (Å²) in [7, 11) is 2.14. The molecule has 2 aromatic rings. The van der Waals surface area contributed by atoms with E-state index in [1.54, 1.807) is 24.9 Å². The Morgan fingerprint density at radius 2 is 2.12 bits per heavy atom. The Morgan fingerprint density at radius 1 is 1.24 bits per heavy atom. The summed E-state index contributed by atoms with van der Waals surface area (Å²) in [5, 5.41) is 0. The monoisotopic (exact) mass is 229 g/mol. The third-order valence-corrected chi connectivity index (χ3v) is 3.29. The summed E-state index contributed by atoms with van der Waals surface area (Å²) in [6.45, 7) is 1.13. The van der Waals surface area contributed by atoms with Crippen LogP contribution in [0.5, 0.6) is 0 Å². The third kappa shape index (κ3) is 1.82. The molecule has 0 aliphatic carbocycles. The molecule has 0 spiro atoms. The van der Waals surface area contributed by atoms with Gasteiger partial charge in [0.1, 0.15) is 12.0 Å². The van der Waals surface area contributed by atoms with Crippen LogP contribution in [0.15, 0.2) is 31.1 Å². The summed E-state index contributed by atoms with van der Waals surface area (Å²) in [5.41, 5.74) is 1.05.